The molecule has 0 heterocycles. The van der Waals surface area contributed by atoms with E-state index in [0.29, 0.717) is 36.8 Å². The molecule has 0 bridgehead atoms. The smallest absolute Gasteiger partial charge is 0.432 e. The van der Waals surface area contributed by atoms with Crippen molar-refractivity contribution in [3.8, 4) is 22.6 Å². The Hall–Kier alpha value is -3.11. The highest BCUT2D eigenvalue weighted by molar-refractivity contribution is 5.67. The molecule has 0 spiro atoms. The molecule has 2 aliphatic carbocycles. The standard InChI is InChI=1S/C31H31F9O2/c1-2-3-4-5-18-6-8-19(9-7-18)20-10-12-22(13-11-20)30(36,37)41-23-16-24(32)28(25(33)17-23)21-14-26(34)29(27(35)15-21)42-31(38,39)40/h2-3,6,14-17,19-20,22H,4-5,7-13H2,1H3/b3-2+. The van der Waals surface area contributed by atoms with Crippen molar-refractivity contribution in [2.75, 3.05) is 0 Å². The quantitative estimate of drug-likeness (QED) is 0.209. The largest absolute Gasteiger partial charge is 0.573 e. The first-order valence-electron chi connectivity index (χ1n) is 13.9. The Bertz CT molecular complexity index is 1260. The minimum Gasteiger partial charge on any atom is -0.432 e. The van der Waals surface area contributed by atoms with Gasteiger partial charge in [0.25, 0.3) is 0 Å². The van der Waals surface area contributed by atoms with E-state index in [1.807, 2.05) is 13.0 Å². The number of rotatable bonds is 9. The van der Waals surface area contributed by atoms with Gasteiger partial charge in [0.2, 0.25) is 5.75 Å². The highest BCUT2D eigenvalue weighted by Gasteiger charge is 2.45. The van der Waals surface area contributed by atoms with E-state index in [9.17, 15) is 30.7 Å². The summed E-state index contributed by atoms with van der Waals surface area (Å²) in [5, 5.41) is 0. The number of allylic oxidation sites excluding steroid dienone is 4. The summed E-state index contributed by atoms with van der Waals surface area (Å²) in [6, 6.07) is 1.37. The molecule has 0 amide bonds. The summed E-state index contributed by atoms with van der Waals surface area (Å²) >= 11 is 0. The SMILES string of the molecule is C/C=C/CCC1=CCC(C2CCC(C(F)(F)Oc3cc(F)c(-c4cc(F)c(OC(F)(F)F)c(F)c4)c(F)c3)CC2)CC1. The summed E-state index contributed by atoms with van der Waals surface area (Å²) in [6.07, 6.45) is 3.85. The number of benzene rings is 2. The maximum atomic E-state index is 15.0. The normalized spacial score (nSPS) is 21.9. The van der Waals surface area contributed by atoms with Gasteiger partial charge in [0.1, 0.15) is 17.4 Å². The van der Waals surface area contributed by atoms with Crippen LogP contribution in [0.3, 0.4) is 0 Å². The molecule has 0 aliphatic heterocycles. The van der Waals surface area contributed by atoms with Crippen LogP contribution in [0.25, 0.3) is 11.1 Å². The zero-order valence-electron chi connectivity index (χ0n) is 22.9. The van der Waals surface area contributed by atoms with Gasteiger partial charge in [-0.1, -0.05) is 23.8 Å². The van der Waals surface area contributed by atoms with Crippen LogP contribution in [0.2, 0.25) is 0 Å². The lowest BCUT2D eigenvalue weighted by molar-refractivity contribution is -0.276. The Balaban J connectivity index is 1.39. The molecule has 42 heavy (non-hydrogen) atoms. The van der Waals surface area contributed by atoms with Crippen molar-refractivity contribution in [1.82, 2.24) is 0 Å². The Morgan fingerprint density at radius 2 is 1.40 bits per heavy atom. The van der Waals surface area contributed by atoms with Gasteiger partial charge in [-0.3, -0.25) is 0 Å². The summed E-state index contributed by atoms with van der Waals surface area (Å²) in [4.78, 5) is 0. The van der Waals surface area contributed by atoms with Gasteiger partial charge in [0.15, 0.2) is 11.6 Å². The van der Waals surface area contributed by atoms with E-state index in [4.69, 9.17) is 4.74 Å². The van der Waals surface area contributed by atoms with Gasteiger partial charge in [-0.15, -0.1) is 13.2 Å². The van der Waals surface area contributed by atoms with E-state index in [0.717, 1.165) is 32.1 Å². The van der Waals surface area contributed by atoms with E-state index in [-0.39, 0.29) is 25.0 Å². The molecular formula is C31H31F9O2. The van der Waals surface area contributed by atoms with E-state index in [1.165, 1.54) is 5.57 Å². The van der Waals surface area contributed by atoms with Gasteiger partial charge in [0.05, 0.1) is 11.5 Å². The van der Waals surface area contributed by atoms with Gasteiger partial charge in [-0.2, -0.15) is 8.78 Å². The predicted molar refractivity (Wildman–Crippen MR) is 139 cm³/mol. The fraction of sp³-hybridized carbons (Fsp3) is 0.484. The van der Waals surface area contributed by atoms with Crippen LogP contribution in [0.15, 0.2) is 48.1 Å². The third kappa shape index (κ3) is 7.83. The second-order valence-corrected chi connectivity index (χ2v) is 10.9. The summed E-state index contributed by atoms with van der Waals surface area (Å²) in [5.74, 6) is -9.77. The number of hydrogen-bond donors (Lipinski definition) is 0. The van der Waals surface area contributed by atoms with Gasteiger partial charge >= 0.3 is 12.5 Å². The molecule has 2 aliphatic rings. The first-order chi connectivity index (χ1) is 19.8. The third-order valence-electron chi connectivity index (χ3n) is 8.10. The molecule has 1 unspecified atom stereocenters. The maximum Gasteiger partial charge on any atom is 0.573 e. The first-order valence-corrected chi connectivity index (χ1v) is 13.9. The van der Waals surface area contributed by atoms with Crippen molar-refractivity contribution < 1.29 is 49.0 Å². The molecule has 11 heteroatoms. The fourth-order valence-corrected chi connectivity index (χ4v) is 5.97. The number of ether oxygens (including phenoxy) is 2. The second-order valence-electron chi connectivity index (χ2n) is 10.9. The van der Waals surface area contributed by atoms with E-state index >= 15 is 8.78 Å². The van der Waals surface area contributed by atoms with Gasteiger partial charge < -0.3 is 9.47 Å². The Morgan fingerprint density at radius 1 is 0.786 bits per heavy atom. The molecule has 4 rings (SSSR count). The lowest BCUT2D eigenvalue weighted by Gasteiger charge is -2.37. The molecule has 0 aromatic heterocycles. The van der Waals surface area contributed by atoms with Crippen LogP contribution in [0, 0.1) is 41.0 Å². The Labute approximate surface area is 238 Å². The minimum absolute atomic E-state index is 0.181. The zero-order valence-corrected chi connectivity index (χ0v) is 22.9. The summed E-state index contributed by atoms with van der Waals surface area (Å²) < 4.78 is 133. The van der Waals surface area contributed by atoms with Crippen LogP contribution in [-0.4, -0.2) is 12.5 Å². The molecule has 2 aromatic carbocycles. The zero-order chi connectivity index (χ0) is 30.7. The molecule has 230 valence electrons. The van der Waals surface area contributed by atoms with Crippen LogP contribution >= 0.6 is 0 Å². The molecular weight excluding hydrogens is 575 g/mol. The second kappa shape index (κ2) is 13.0. The fourth-order valence-electron chi connectivity index (χ4n) is 5.97. The summed E-state index contributed by atoms with van der Waals surface area (Å²) in [6.45, 7) is 1.99. The number of alkyl halides is 5. The van der Waals surface area contributed by atoms with Crippen molar-refractivity contribution >= 4 is 0 Å². The van der Waals surface area contributed by atoms with Gasteiger partial charge in [0, 0.05) is 12.1 Å². The van der Waals surface area contributed by atoms with Crippen molar-refractivity contribution in [3.05, 3.63) is 71.3 Å². The van der Waals surface area contributed by atoms with Crippen molar-refractivity contribution in [1.29, 1.82) is 0 Å². The van der Waals surface area contributed by atoms with Gasteiger partial charge in [-0.25, -0.2) is 17.6 Å². The van der Waals surface area contributed by atoms with Gasteiger partial charge in [-0.05, 0) is 94.2 Å². The lowest BCUT2D eigenvalue weighted by atomic mass is 9.71. The predicted octanol–water partition coefficient (Wildman–Crippen LogP) is 10.7. The average molecular weight is 607 g/mol. The highest BCUT2D eigenvalue weighted by Crippen LogP contribution is 2.45. The molecule has 0 radical (unpaired) electrons. The Morgan fingerprint density at radius 3 is 1.93 bits per heavy atom. The lowest BCUT2D eigenvalue weighted by Crippen LogP contribution is -2.38. The summed E-state index contributed by atoms with van der Waals surface area (Å²) in [7, 11) is 0. The molecule has 1 fully saturated rings. The molecule has 0 N–H and O–H groups in total. The van der Waals surface area contributed by atoms with Crippen molar-refractivity contribution in [2.24, 2.45) is 17.8 Å². The minimum atomic E-state index is -5.41. The maximum absolute atomic E-state index is 15.0. The molecule has 2 aromatic rings. The molecule has 2 nitrogen and oxygen atoms in total. The number of hydrogen-bond acceptors (Lipinski definition) is 2. The van der Waals surface area contributed by atoms with E-state index in [2.05, 4.69) is 16.9 Å². The van der Waals surface area contributed by atoms with Crippen LogP contribution < -0.4 is 9.47 Å². The highest BCUT2D eigenvalue weighted by atomic mass is 19.4. The molecule has 0 saturated heterocycles. The first kappa shape index (κ1) is 31.8. The molecule has 1 saturated carbocycles. The van der Waals surface area contributed by atoms with Crippen LogP contribution in [0.5, 0.6) is 11.5 Å². The monoisotopic (exact) mass is 606 g/mol. The topological polar surface area (TPSA) is 18.5 Å². The number of halogens is 9. The third-order valence-corrected chi connectivity index (χ3v) is 8.10. The van der Waals surface area contributed by atoms with Crippen LogP contribution in [0.4, 0.5) is 39.5 Å². The van der Waals surface area contributed by atoms with Crippen LogP contribution in [0.1, 0.15) is 64.7 Å². The van der Waals surface area contributed by atoms with Crippen LogP contribution in [-0.2, 0) is 0 Å². The van der Waals surface area contributed by atoms with Crippen molar-refractivity contribution in [3.63, 3.8) is 0 Å². The van der Waals surface area contributed by atoms with E-state index < -0.39 is 64.3 Å². The average Bonchev–Trinajstić information content (AvgIpc) is 2.90. The van der Waals surface area contributed by atoms with Crippen molar-refractivity contribution in [2.45, 2.75) is 77.2 Å². The Kier molecular flexibility index (Phi) is 9.88. The molecule has 1 atom stereocenters. The van der Waals surface area contributed by atoms with E-state index in [1.54, 1.807) is 0 Å². The summed E-state index contributed by atoms with van der Waals surface area (Å²) in [5.41, 5.74) is -0.395.